The maximum atomic E-state index is 10.1. The normalized spacial score (nSPS) is 13.0. The molecule has 4 rings (SSSR count). The lowest BCUT2D eigenvalue weighted by molar-refractivity contribution is 0.470. The van der Waals surface area contributed by atoms with E-state index in [4.69, 9.17) is 0 Å². The SMILES string of the molecule is Cc1cc(C(SC(c2ccccc2)c2ccc(O)c(C)c2)c2ccccc2)ccc1O. The highest BCUT2D eigenvalue weighted by Crippen LogP contribution is 2.48. The first-order chi connectivity index (χ1) is 15.0. The third kappa shape index (κ3) is 4.78. The van der Waals surface area contributed by atoms with Crippen LogP contribution in [0.4, 0.5) is 0 Å². The molecule has 3 heteroatoms. The quantitative estimate of drug-likeness (QED) is 0.339. The average Bonchev–Trinajstić information content (AvgIpc) is 2.80. The van der Waals surface area contributed by atoms with Gasteiger partial charge >= 0.3 is 0 Å². The van der Waals surface area contributed by atoms with E-state index >= 15 is 0 Å². The molecule has 0 spiro atoms. The van der Waals surface area contributed by atoms with Gasteiger partial charge in [-0.1, -0.05) is 84.9 Å². The van der Waals surface area contributed by atoms with Crippen LogP contribution in [-0.4, -0.2) is 10.2 Å². The summed E-state index contributed by atoms with van der Waals surface area (Å²) in [5.41, 5.74) is 6.49. The molecule has 0 aromatic heterocycles. The fourth-order valence-corrected chi connectivity index (χ4v) is 5.28. The van der Waals surface area contributed by atoms with E-state index in [1.165, 1.54) is 11.1 Å². The lowest BCUT2D eigenvalue weighted by Crippen LogP contribution is -2.04. The Morgan fingerprint density at radius 2 is 0.903 bits per heavy atom. The van der Waals surface area contributed by atoms with Crippen LogP contribution in [0.15, 0.2) is 97.1 Å². The molecule has 2 atom stereocenters. The van der Waals surface area contributed by atoms with E-state index in [9.17, 15) is 10.2 Å². The molecule has 2 N–H and O–H groups in total. The van der Waals surface area contributed by atoms with Crippen molar-refractivity contribution in [1.82, 2.24) is 0 Å². The van der Waals surface area contributed by atoms with Crippen LogP contribution in [-0.2, 0) is 0 Å². The van der Waals surface area contributed by atoms with Crippen molar-refractivity contribution in [3.63, 3.8) is 0 Å². The first kappa shape index (κ1) is 21.1. The van der Waals surface area contributed by atoms with Crippen LogP contribution in [0.3, 0.4) is 0 Å². The third-order valence-electron chi connectivity index (χ3n) is 5.52. The molecule has 0 aliphatic carbocycles. The van der Waals surface area contributed by atoms with E-state index in [2.05, 4.69) is 60.7 Å². The average molecular weight is 427 g/mol. The fourth-order valence-electron chi connectivity index (χ4n) is 3.77. The number of hydrogen-bond acceptors (Lipinski definition) is 3. The minimum atomic E-state index is 0.0832. The van der Waals surface area contributed by atoms with Crippen molar-refractivity contribution in [1.29, 1.82) is 0 Å². The standard InChI is InChI=1S/C28H26O2S/c1-19-17-23(13-15-25(19)29)27(21-9-5-3-6-10-21)31-28(22-11-7-4-8-12-22)24-14-16-26(30)20(2)18-24/h3-18,27-30H,1-2H3. The van der Waals surface area contributed by atoms with E-state index in [0.29, 0.717) is 11.5 Å². The van der Waals surface area contributed by atoms with Crippen molar-refractivity contribution in [2.24, 2.45) is 0 Å². The number of benzene rings is 4. The summed E-state index contributed by atoms with van der Waals surface area (Å²) in [7, 11) is 0. The molecule has 31 heavy (non-hydrogen) atoms. The predicted octanol–water partition coefficient (Wildman–Crippen LogP) is 7.33. The Balaban J connectivity index is 1.82. The van der Waals surface area contributed by atoms with Gasteiger partial charge in [-0.05, 0) is 59.4 Å². The molecule has 0 aliphatic heterocycles. The van der Waals surface area contributed by atoms with E-state index in [0.717, 1.165) is 22.3 Å². The Morgan fingerprint density at radius 3 is 1.26 bits per heavy atom. The lowest BCUT2D eigenvalue weighted by Gasteiger charge is -2.26. The molecule has 2 nitrogen and oxygen atoms in total. The summed E-state index contributed by atoms with van der Waals surface area (Å²) in [5.74, 6) is 0.628. The number of hydrogen-bond donors (Lipinski definition) is 2. The zero-order chi connectivity index (χ0) is 21.8. The Morgan fingerprint density at radius 1 is 0.516 bits per heavy atom. The van der Waals surface area contributed by atoms with Gasteiger partial charge < -0.3 is 10.2 Å². The van der Waals surface area contributed by atoms with Gasteiger partial charge in [-0.2, -0.15) is 0 Å². The molecule has 0 fully saturated rings. The van der Waals surface area contributed by atoms with Gasteiger partial charge in [-0.25, -0.2) is 0 Å². The van der Waals surface area contributed by atoms with Gasteiger partial charge in [-0.15, -0.1) is 11.8 Å². The van der Waals surface area contributed by atoms with Crippen molar-refractivity contribution < 1.29 is 10.2 Å². The van der Waals surface area contributed by atoms with E-state index < -0.39 is 0 Å². The maximum absolute atomic E-state index is 10.1. The van der Waals surface area contributed by atoms with Gasteiger partial charge in [0, 0.05) is 0 Å². The van der Waals surface area contributed by atoms with Crippen LogP contribution in [0.1, 0.15) is 43.9 Å². The minimum absolute atomic E-state index is 0.0832. The van der Waals surface area contributed by atoms with Gasteiger partial charge in [-0.3, -0.25) is 0 Å². The lowest BCUT2D eigenvalue weighted by atomic mass is 10.0. The molecule has 156 valence electrons. The highest BCUT2D eigenvalue weighted by atomic mass is 32.2. The molecule has 0 radical (unpaired) electrons. The van der Waals surface area contributed by atoms with E-state index in [1.54, 1.807) is 12.1 Å². The summed E-state index contributed by atoms with van der Waals surface area (Å²) in [5, 5.41) is 20.3. The molecule has 0 saturated heterocycles. The zero-order valence-electron chi connectivity index (χ0n) is 17.7. The second-order valence-electron chi connectivity index (χ2n) is 7.81. The Kier molecular flexibility index (Phi) is 6.34. The topological polar surface area (TPSA) is 40.5 Å². The molecule has 0 heterocycles. The Bertz CT molecular complexity index is 1060. The van der Waals surface area contributed by atoms with Crippen molar-refractivity contribution in [3.8, 4) is 11.5 Å². The summed E-state index contributed by atoms with van der Waals surface area (Å²) in [4.78, 5) is 0. The number of phenols is 2. The molecule has 2 unspecified atom stereocenters. The first-order valence-corrected chi connectivity index (χ1v) is 11.3. The number of rotatable bonds is 6. The smallest absolute Gasteiger partial charge is 0.118 e. The summed E-state index contributed by atoms with van der Waals surface area (Å²) < 4.78 is 0. The van der Waals surface area contributed by atoms with Gasteiger partial charge in [0.15, 0.2) is 0 Å². The number of aryl methyl sites for hydroxylation is 2. The van der Waals surface area contributed by atoms with Crippen LogP contribution < -0.4 is 0 Å². The Hall–Kier alpha value is -3.17. The van der Waals surface area contributed by atoms with Crippen molar-refractivity contribution in [2.45, 2.75) is 24.3 Å². The molecule has 4 aromatic carbocycles. The number of aromatic hydroxyl groups is 2. The van der Waals surface area contributed by atoms with Crippen LogP contribution in [0.25, 0.3) is 0 Å². The number of thioether (sulfide) groups is 1. The van der Waals surface area contributed by atoms with Crippen molar-refractivity contribution in [3.05, 3.63) is 130 Å². The molecule has 4 aromatic rings. The third-order valence-corrected chi connectivity index (χ3v) is 7.16. The monoisotopic (exact) mass is 426 g/mol. The number of phenolic OH excluding ortho intramolecular Hbond substituents is 2. The second-order valence-corrected chi connectivity index (χ2v) is 9.02. The largest absolute Gasteiger partial charge is 0.508 e. The molecule has 0 amide bonds. The summed E-state index contributed by atoms with van der Waals surface area (Å²) in [6.07, 6.45) is 0. The van der Waals surface area contributed by atoms with Crippen LogP contribution in [0.5, 0.6) is 11.5 Å². The van der Waals surface area contributed by atoms with Crippen LogP contribution in [0, 0.1) is 13.8 Å². The molecule has 0 bridgehead atoms. The Labute approximate surface area is 188 Å². The van der Waals surface area contributed by atoms with Gasteiger partial charge in [0.25, 0.3) is 0 Å². The first-order valence-electron chi connectivity index (χ1n) is 10.4. The molecule has 0 aliphatic rings. The molecular weight excluding hydrogens is 400 g/mol. The van der Waals surface area contributed by atoms with Crippen LogP contribution >= 0.6 is 11.8 Å². The minimum Gasteiger partial charge on any atom is -0.508 e. The highest BCUT2D eigenvalue weighted by molar-refractivity contribution is 8.00. The van der Waals surface area contributed by atoms with Crippen molar-refractivity contribution >= 4 is 11.8 Å². The molecular formula is C28H26O2S. The van der Waals surface area contributed by atoms with Gasteiger partial charge in [0.05, 0.1) is 10.5 Å². The highest BCUT2D eigenvalue weighted by Gasteiger charge is 2.24. The zero-order valence-corrected chi connectivity index (χ0v) is 18.5. The van der Waals surface area contributed by atoms with Crippen molar-refractivity contribution in [2.75, 3.05) is 0 Å². The predicted molar refractivity (Wildman–Crippen MR) is 130 cm³/mol. The summed E-state index contributed by atoms with van der Waals surface area (Å²) in [6, 6.07) is 32.7. The summed E-state index contributed by atoms with van der Waals surface area (Å²) in [6.45, 7) is 3.87. The van der Waals surface area contributed by atoms with Gasteiger partial charge in [0.1, 0.15) is 11.5 Å². The fraction of sp³-hybridized carbons (Fsp3) is 0.143. The van der Waals surface area contributed by atoms with E-state index in [-0.39, 0.29) is 10.5 Å². The van der Waals surface area contributed by atoms with Gasteiger partial charge in [0.2, 0.25) is 0 Å². The summed E-state index contributed by atoms with van der Waals surface area (Å²) >= 11 is 1.87. The van der Waals surface area contributed by atoms with E-state index in [1.807, 2.05) is 49.9 Å². The second kappa shape index (κ2) is 9.32. The maximum Gasteiger partial charge on any atom is 0.118 e. The van der Waals surface area contributed by atoms with Crippen LogP contribution in [0.2, 0.25) is 0 Å². The molecule has 0 saturated carbocycles.